The molecule has 1 aliphatic rings. The maximum atomic E-state index is 13.7. The topological polar surface area (TPSA) is 44.8 Å². The van der Waals surface area contributed by atoms with Crippen molar-refractivity contribution in [3.8, 4) is 0 Å². The average Bonchev–Trinajstić information content (AvgIpc) is 2.39. The molecule has 1 N–H and O–H groups in total. The molecule has 0 spiro atoms. The van der Waals surface area contributed by atoms with Crippen LogP contribution in [0.25, 0.3) is 0 Å². The molecule has 0 atom stereocenters. The van der Waals surface area contributed by atoms with Crippen LogP contribution in [0.3, 0.4) is 0 Å². The van der Waals surface area contributed by atoms with E-state index in [0.29, 0.717) is 31.2 Å². The second-order valence-electron chi connectivity index (χ2n) is 4.21. The molecule has 2 rings (SSSR count). The molecule has 0 aliphatic carbocycles. The van der Waals surface area contributed by atoms with Gasteiger partial charge in [-0.2, -0.15) is 0 Å². The van der Waals surface area contributed by atoms with Gasteiger partial charge >= 0.3 is 6.03 Å². The van der Waals surface area contributed by atoms with E-state index < -0.39 is 5.82 Å². The molecule has 1 fully saturated rings. The van der Waals surface area contributed by atoms with E-state index in [2.05, 4.69) is 18.1 Å². The van der Waals surface area contributed by atoms with E-state index in [1.54, 1.807) is 11.1 Å². The van der Waals surface area contributed by atoms with Gasteiger partial charge in [0.1, 0.15) is 5.82 Å². The minimum absolute atomic E-state index is 0.212. The fourth-order valence-electron chi connectivity index (χ4n) is 1.76. The molecular formula is C12H16FN3O2S. The third-order valence-electron chi connectivity index (χ3n) is 2.86. The summed E-state index contributed by atoms with van der Waals surface area (Å²) < 4.78 is 18.9. The van der Waals surface area contributed by atoms with E-state index in [0.717, 1.165) is 0 Å². The lowest BCUT2D eigenvalue weighted by Gasteiger charge is -2.29. The largest absolute Gasteiger partial charge is 0.379 e. The molecule has 0 bridgehead atoms. The van der Waals surface area contributed by atoms with Gasteiger partial charge < -0.3 is 4.74 Å². The molecule has 1 heterocycles. The van der Waals surface area contributed by atoms with Gasteiger partial charge in [0, 0.05) is 25.0 Å². The summed E-state index contributed by atoms with van der Waals surface area (Å²) in [5.41, 5.74) is 2.93. The minimum Gasteiger partial charge on any atom is -0.379 e. The van der Waals surface area contributed by atoms with Gasteiger partial charge in [0.25, 0.3) is 0 Å². The Morgan fingerprint density at radius 3 is 2.79 bits per heavy atom. The fraction of sp³-hybridized carbons (Fsp3) is 0.417. The lowest BCUT2D eigenvalue weighted by atomic mass is 10.3. The van der Waals surface area contributed by atoms with Crippen LogP contribution in [-0.2, 0) is 4.74 Å². The molecule has 0 aromatic heterocycles. The SMILES string of the molecule is CN(C(=O)NN1CCOCC1)c1ccc(S)cc1F. The maximum Gasteiger partial charge on any atom is 0.336 e. The van der Waals surface area contributed by atoms with Crippen molar-refractivity contribution in [3.05, 3.63) is 24.0 Å². The lowest BCUT2D eigenvalue weighted by Crippen LogP contribution is -2.52. The number of ether oxygens (including phenoxy) is 1. The number of nitrogens with one attached hydrogen (secondary N) is 1. The highest BCUT2D eigenvalue weighted by Crippen LogP contribution is 2.21. The van der Waals surface area contributed by atoms with Gasteiger partial charge in [0.05, 0.1) is 18.9 Å². The van der Waals surface area contributed by atoms with Gasteiger partial charge in [-0.25, -0.2) is 14.2 Å². The zero-order chi connectivity index (χ0) is 13.8. The van der Waals surface area contributed by atoms with Crippen LogP contribution in [-0.4, -0.2) is 44.4 Å². The second-order valence-corrected chi connectivity index (χ2v) is 4.73. The number of rotatable bonds is 2. The van der Waals surface area contributed by atoms with E-state index in [9.17, 15) is 9.18 Å². The molecule has 1 aliphatic heterocycles. The first-order chi connectivity index (χ1) is 9.08. The molecule has 0 saturated carbocycles. The van der Waals surface area contributed by atoms with Crippen molar-refractivity contribution in [1.82, 2.24) is 10.4 Å². The van der Waals surface area contributed by atoms with Crippen molar-refractivity contribution < 1.29 is 13.9 Å². The number of carbonyl (C=O) groups excluding carboxylic acids is 1. The van der Waals surface area contributed by atoms with Crippen LogP contribution in [0.4, 0.5) is 14.9 Å². The molecule has 0 radical (unpaired) electrons. The van der Waals surface area contributed by atoms with E-state index in [1.165, 1.54) is 24.1 Å². The highest BCUT2D eigenvalue weighted by atomic mass is 32.1. The normalized spacial score (nSPS) is 16.2. The summed E-state index contributed by atoms with van der Waals surface area (Å²) in [6.07, 6.45) is 0. The summed E-state index contributed by atoms with van der Waals surface area (Å²) in [5.74, 6) is -0.480. The van der Waals surface area contributed by atoms with Crippen molar-refractivity contribution in [1.29, 1.82) is 0 Å². The van der Waals surface area contributed by atoms with Gasteiger partial charge in [0.2, 0.25) is 0 Å². The minimum atomic E-state index is -0.480. The van der Waals surface area contributed by atoms with Crippen molar-refractivity contribution in [2.75, 3.05) is 38.3 Å². The van der Waals surface area contributed by atoms with E-state index >= 15 is 0 Å². The molecule has 1 saturated heterocycles. The Balaban J connectivity index is 2.01. The number of urea groups is 1. The fourth-order valence-corrected chi connectivity index (χ4v) is 1.95. The highest BCUT2D eigenvalue weighted by Gasteiger charge is 2.18. The Morgan fingerprint density at radius 2 is 2.16 bits per heavy atom. The Bertz CT molecular complexity index is 466. The van der Waals surface area contributed by atoms with Gasteiger partial charge in [-0.15, -0.1) is 12.6 Å². The zero-order valence-corrected chi connectivity index (χ0v) is 11.5. The third kappa shape index (κ3) is 3.59. The predicted octanol–water partition coefficient (Wildman–Crippen LogP) is 1.51. The summed E-state index contributed by atoms with van der Waals surface area (Å²) in [6.45, 7) is 2.40. The van der Waals surface area contributed by atoms with Gasteiger partial charge in [-0.05, 0) is 18.2 Å². The number of hydrogen-bond donors (Lipinski definition) is 2. The number of nitrogens with zero attached hydrogens (tertiary/aromatic N) is 2. The average molecular weight is 285 g/mol. The number of thiol groups is 1. The quantitative estimate of drug-likeness (QED) is 0.810. The molecule has 0 unspecified atom stereocenters. The summed E-state index contributed by atoms with van der Waals surface area (Å²) in [7, 11) is 1.52. The third-order valence-corrected chi connectivity index (χ3v) is 3.14. The number of hydrazine groups is 1. The number of benzene rings is 1. The number of hydrogen-bond acceptors (Lipinski definition) is 4. The predicted molar refractivity (Wildman–Crippen MR) is 73.0 cm³/mol. The Kier molecular flexibility index (Phi) is 4.62. The first-order valence-corrected chi connectivity index (χ1v) is 6.38. The van der Waals surface area contributed by atoms with E-state index in [1.807, 2.05) is 0 Å². The molecule has 5 nitrogen and oxygen atoms in total. The van der Waals surface area contributed by atoms with Crippen LogP contribution in [0.2, 0.25) is 0 Å². The van der Waals surface area contributed by atoms with E-state index in [-0.39, 0.29) is 11.7 Å². The smallest absolute Gasteiger partial charge is 0.336 e. The zero-order valence-electron chi connectivity index (χ0n) is 10.6. The van der Waals surface area contributed by atoms with Crippen LogP contribution < -0.4 is 10.3 Å². The van der Waals surface area contributed by atoms with Gasteiger partial charge in [0.15, 0.2) is 0 Å². The Morgan fingerprint density at radius 1 is 1.47 bits per heavy atom. The van der Waals surface area contributed by atoms with Crippen molar-refractivity contribution in [2.45, 2.75) is 4.90 Å². The first kappa shape index (κ1) is 14.1. The van der Waals surface area contributed by atoms with Crippen LogP contribution in [0.5, 0.6) is 0 Å². The highest BCUT2D eigenvalue weighted by molar-refractivity contribution is 7.80. The second kappa shape index (κ2) is 6.23. The standard InChI is InChI=1S/C12H16FN3O2S/c1-15(11-3-2-9(19)8-10(11)13)12(17)14-16-4-6-18-7-5-16/h2-3,8,19H,4-7H2,1H3,(H,14,17). The molecule has 104 valence electrons. The van der Waals surface area contributed by atoms with Crippen molar-refractivity contribution >= 4 is 24.3 Å². The van der Waals surface area contributed by atoms with Crippen LogP contribution in [0.15, 0.2) is 23.1 Å². The number of amides is 2. The molecule has 7 heteroatoms. The lowest BCUT2D eigenvalue weighted by molar-refractivity contribution is 0.0202. The monoisotopic (exact) mass is 285 g/mol. The number of anilines is 1. The number of carbonyl (C=O) groups is 1. The summed E-state index contributed by atoms with van der Waals surface area (Å²) in [5, 5.41) is 1.76. The molecule has 1 aromatic carbocycles. The van der Waals surface area contributed by atoms with Crippen molar-refractivity contribution in [3.63, 3.8) is 0 Å². The number of halogens is 1. The van der Waals surface area contributed by atoms with Crippen LogP contribution >= 0.6 is 12.6 Å². The van der Waals surface area contributed by atoms with E-state index in [4.69, 9.17) is 4.74 Å². The van der Waals surface area contributed by atoms with Crippen LogP contribution in [0.1, 0.15) is 0 Å². The van der Waals surface area contributed by atoms with Crippen LogP contribution in [0, 0.1) is 5.82 Å². The molecule has 1 aromatic rings. The summed E-state index contributed by atoms with van der Waals surface area (Å²) in [4.78, 5) is 13.7. The van der Waals surface area contributed by atoms with Crippen molar-refractivity contribution in [2.24, 2.45) is 0 Å². The molecular weight excluding hydrogens is 269 g/mol. The first-order valence-electron chi connectivity index (χ1n) is 5.93. The molecule has 2 amide bonds. The summed E-state index contributed by atoms with van der Waals surface area (Å²) in [6, 6.07) is 4.06. The molecule has 19 heavy (non-hydrogen) atoms. The maximum absolute atomic E-state index is 13.7. The number of morpholine rings is 1. The van der Waals surface area contributed by atoms with Gasteiger partial charge in [-0.3, -0.25) is 10.3 Å². The Hall–Kier alpha value is -1.31. The van der Waals surface area contributed by atoms with Gasteiger partial charge in [-0.1, -0.05) is 0 Å². The Labute approximate surface area is 116 Å². The summed E-state index contributed by atoms with van der Waals surface area (Å²) >= 11 is 4.05.